The van der Waals surface area contributed by atoms with Crippen molar-refractivity contribution in [1.82, 2.24) is 10.2 Å². The first-order chi connectivity index (χ1) is 7.79. The highest BCUT2D eigenvalue weighted by atomic mass is 16.3. The monoisotopic (exact) mass is 226 g/mol. The van der Waals surface area contributed by atoms with E-state index in [9.17, 15) is 4.79 Å². The van der Waals surface area contributed by atoms with E-state index in [1.54, 1.807) is 0 Å². The molecule has 0 aromatic heterocycles. The Morgan fingerprint density at radius 1 is 1.31 bits per heavy atom. The summed E-state index contributed by atoms with van der Waals surface area (Å²) in [6.45, 7) is 3.26. The van der Waals surface area contributed by atoms with E-state index in [1.165, 1.54) is 12.8 Å². The SMILES string of the molecule is O=C(CNCC1CC1)N1CCCC(CO)C1. The maximum absolute atomic E-state index is 11.8. The fourth-order valence-electron chi connectivity index (χ4n) is 2.26. The van der Waals surface area contributed by atoms with Crippen LogP contribution in [0.25, 0.3) is 0 Å². The molecule has 1 heterocycles. The van der Waals surface area contributed by atoms with Gasteiger partial charge in [-0.1, -0.05) is 0 Å². The Kier molecular flexibility index (Phi) is 4.18. The average Bonchev–Trinajstić information content (AvgIpc) is 3.13. The van der Waals surface area contributed by atoms with Gasteiger partial charge in [0.25, 0.3) is 0 Å². The van der Waals surface area contributed by atoms with Gasteiger partial charge in [0.05, 0.1) is 6.54 Å². The molecule has 1 aliphatic heterocycles. The van der Waals surface area contributed by atoms with Crippen LogP contribution < -0.4 is 5.32 Å². The predicted octanol–water partition coefficient (Wildman–Crippen LogP) is 0.217. The molecule has 0 aromatic rings. The molecule has 1 saturated heterocycles. The van der Waals surface area contributed by atoms with E-state index >= 15 is 0 Å². The molecule has 4 nitrogen and oxygen atoms in total. The third kappa shape index (κ3) is 3.46. The molecule has 0 aromatic carbocycles. The molecule has 1 saturated carbocycles. The number of carbonyl (C=O) groups excluding carboxylic acids is 1. The normalized spacial score (nSPS) is 25.8. The molecule has 2 N–H and O–H groups in total. The number of rotatable bonds is 5. The van der Waals surface area contributed by atoms with Gasteiger partial charge in [0.15, 0.2) is 0 Å². The first kappa shape index (κ1) is 11.9. The lowest BCUT2D eigenvalue weighted by Gasteiger charge is -2.32. The molecular formula is C12H22N2O2. The van der Waals surface area contributed by atoms with E-state index < -0.39 is 0 Å². The van der Waals surface area contributed by atoms with E-state index in [0.29, 0.717) is 12.5 Å². The summed E-state index contributed by atoms with van der Waals surface area (Å²) >= 11 is 0. The number of aliphatic hydroxyl groups excluding tert-OH is 1. The zero-order chi connectivity index (χ0) is 11.4. The van der Waals surface area contributed by atoms with E-state index in [-0.39, 0.29) is 12.5 Å². The smallest absolute Gasteiger partial charge is 0.236 e. The lowest BCUT2D eigenvalue weighted by atomic mass is 9.99. The summed E-state index contributed by atoms with van der Waals surface area (Å²) in [5.74, 6) is 1.30. The Hall–Kier alpha value is -0.610. The minimum absolute atomic E-state index is 0.193. The van der Waals surface area contributed by atoms with Crippen molar-refractivity contribution in [3.63, 3.8) is 0 Å². The van der Waals surface area contributed by atoms with Gasteiger partial charge in [-0.2, -0.15) is 0 Å². The van der Waals surface area contributed by atoms with Crippen LogP contribution in [-0.4, -0.2) is 48.7 Å². The highest BCUT2D eigenvalue weighted by Crippen LogP contribution is 2.27. The molecule has 4 heteroatoms. The molecule has 0 bridgehead atoms. The largest absolute Gasteiger partial charge is 0.396 e. The summed E-state index contributed by atoms with van der Waals surface area (Å²) in [4.78, 5) is 13.7. The van der Waals surface area contributed by atoms with Crippen LogP contribution in [0.15, 0.2) is 0 Å². The molecule has 1 aliphatic carbocycles. The minimum atomic E-state index is 0.193. The van der Waals surface area contributed by atoms with Crippen molar-refractivity contribution in [3.8, 4) is 0 Å². The summed E-state index contributed by atoms with van der Waals surface area (Å²) in [7, 11) is 0. The molecular weight excluding hydrogens is 204 g/mol. The molecule has 0 radical (unpaired) electrons. The summed E-state index contributed by atoms with van der Waals surface area (Å²) in [5, 5.41) is 12.3. The van der Waals surface area contributed by atoms with Crippen LogP contribution in [0.4, 0.5) is 0 Å². The van der Waals surface area contributed by atoms with Crippen LogP contribution in [0.1, 0.15) is 25.7 Å². The maximum Gasteiger partial charge on any atom is 0.236 e. The molecule has 0 spiro atoms. The van der Waals surface area contributed by atoms with Crippen molar-refractivity contribution in [2.24, 2.45) is 11.8 Å². The van der Waals surface area contributed by atoms with Crippen molar-refractivity contribution in [3.05, 3.63) is 0 Å². The second-order valence-corrected chi connectivity index (χ2v) is 5.10. The predicted molar refractivity (Wildman–Crippen MR) is 62.0 cm³/mol. The lowest BCUT2D eigenvalue weighted by Crippen LogP contribution is -2.45. The number of hydrogen-bond acceptors (Lipinski definition) is 3. The Morgan fingerprint density at radius 2 is 2.12 bits per heavy atom. The highest BCUT2D eigenvalue weighted by Gasteiger charge is 2.24. The average molecular weight is 226 g/mol. The molecule has 2 aliphatic rings. The fourth-order valence-corrected chi connectivity index (χ4v) is 2.26. The number of nitrogens with one attached hydrogen (secondary N) is 1. The zero-order valence-electron chi connectivity index (χ0n) is 9.82. The number of nitrogens with zero attached hydrogens (tertiary/aromatic N) is 1. The van der Waals surface area contributed by atoms with Gasteiger partial charge in [-0.3, -0.25) is 4.79 Å². The van der Waals surface area contributed by atoms with Crippen molar-refractivity contribution < 1.29 is 9.90 Å². The molecule has 1 unspecified atom stereocenters. The Morgan fingerprint density at radius 3 is 2.81 bits per heavy atom. The second-order valence-electron chi connectivity index (χ2n) is 5.10. The van der Waals surface area contributed by atoms with Crippen LogP contribution >= 0.6 is 0 Å². The van der Waals surface area contributed by atoms with Crippen LogP contribution in [-0.2, 0) is 4.79 Å². The molecule has 1 amide bonds. The van der Waals surface area contributed by atoms with Gasteiger partial charge < -0.3 is 15.3 Å². The first-order valence-corrected chi connectivity index (χ1v) is 6.39. The van der Waals surface area contributed by atoms with Crippen molar-refractivity contribution in [2.45, 2.75) is 25.7 Å². The molecule has 16 heavy (non-hydrogen) atoms. The van der Waals surface area contributed by atoms with Gasteiger partial charge in [0.1, 0.15) is 0 Å². The number of piperidine rings is 1. The van der Waals surface area contributed by atoms with Gasteiger partial charge in [-0.05, 0) is 44.1 Å². The minimum Gasteiger partial charge on any atom is -0.396 e. The van der Waals surface area contributed by atoms with Gasteiger partial charge in [-0.15, -0.1) is 0 Å². The summed E-state index contributed by atoms with van der Waals surface area (Å²) in [6, 6.07) is 0. The Balaban J connectivity index is 1.66. The van der Waals surface area contributed by atoms with Gasteiger partial charge in [-0.25, -0.2) is 0 Å². The van der Waals surface area contributed by atoms with Gasteiger partial charge >= 0.3 is 0 Å². The quantitative estimate of drug-likeness (QED) is 0.705. The number of aliphatic hydroxyl groups is 1. The number of carbonyl (C=O) groups is 1. The number of likely N-dealkylation sites (tertiary alicyclic amines) is 1. The van der Waals surface area contributed by atoms with Gasteiger partial charge in [0, 0.05) is 19.7 Å². The zero-order valence-corrected chi connectivity index (χ0v) is 9.82. The third-order valence-corrected chi connectivity index (χ3v) is 3.54. The molecule has 92 valence electrons. The van der Waals surface area contributed by atoms with Crippen molar-refractivity contribution in [1.29, 1.82) is 0 Å². The van der Waals surface area contributed by atoms with Gasteiger partial charge in [0.2, 0.25) is 5.91 Å². The third-order valence-electron chi connectivity index (χ3n) is 3.54. The second kappa shape index (κ2) is 5.64. The van der Waals surface area contributed by atoms with E-state index in [0.717, 1.165) is 38.4 Å². The van der Waals surface area contributed by atoms with Crippen molar-refractivity contribution >= 4 is 5.91 Å². The first-order valence-electron chi connectivity index (χ1n) is 6.39. The van der Waals surface area contributed by atoms with E-state index in [4.69, 9.17) is 5.11 Å². The maximum atomic E-state index is 11.8. The van der Waals surface area contributed by atoms with Crippen LogP contribution in [0.5, 0.6) is 0 Å². The fraction of sp³-hybridized carbons (Fsp3) is 0.917. The molecule has 1 atom stereocenters. The lowest BCUT2D eigenvalue weighted by molar-refractivity contribution is -0.132. The van der Waals surface area contributed by atoms with E-state index in [2.05, 4.69) is 5.32 Å². The summed E-state index contributed by atoms with van der Waals surface area (Å²) < 4.78 is 0. The van der Waals surface area contributed by atoms with E-state index in [1.807, 2.05) is 4.90 Å². The number of amides is 1. The van der Waals surface area contributed by atoms with Crippen LogP contribution in [0.2, 0.25) is 0 Å². The summed E-state index contributed by atoms with van der Waals surface area (Å²) in [5.41, 5.74) is 0. The van der Waals surface area contributed by atoms with Crippen molar-refractivity contribution in [2.75, 3.05) is 32.8 Å². The topological polar surface area (TPSA) is 52.6 Å². The molecule has 2 fully saturated rings. The number of hydrogen-bond donors (Lipinski definition) is 2. The molecule has 2 rings (SSSR count). The highest BCUT2D eigenvalue weighted by molar-refractivity contribution is 5.78. The van der Waals surface area contributed by atoms with Crippen LogP contribution in [0, 0.1) is 11.8 Å². The van der Waals surface area contributed by atoms with Crippen LogP contribution in [0.3, 0.4) is 0 Å². The Labute approximate surface area is 97.0 Å². The standard InChI is InChI=1S/C12H22N2O2/c15-9-11-2-1-5-14(8-11)12(16)7-13-6-10-3-4-10/h10-11,13,15H,1-9H2. The summed E-state index contributed by atoms with van der Waals surface area (Å²) in [6.07, 6.45) is 4.71. The Bertz CT molecular complexity index is 241.